The van der Waals surface area contributed by atoms with Crippen LogP contribution < -0.4 is 5.32 Å². The average Bonchev–Trinajstić information content (AvgIpc) is 2.63. The van der Waals surface area contributed by atoms with E-state index in [0.717, 1.165) is 18.1 Å². The van der Waals surface area contributed by atoms with E-state index in [4.69, 9.17) is 16.3 Å². The predicted molar refractivity (Wildman–Crippen MR) is 97.4 cm³/mol. The summed E-state index contributed by atoms with van der Waals surface area (Å²) < 4.78 is 5.13. The van der Waals surface area contributed by atoms with Gasteiger partial charge in [0.1, 0.15) is 0 Å². The first-order chi connectivity index (χ1) is 12.3. The molecule has 0 fully saturated rings. The van der Waals surface area contributed by atoms with Crippen molar-refractivity contribution < 1.29 is 19.2 Å². The molecule has 2 aromatic rings. The normalized spacial score (nSPS) is 11.5. The maximum absolute atomic E-state index is 12.2. The van der Waals surface area contributed by atoms with Crippen molar-refractivity contribution in [1.82, 2.24) is 0 Å². The number of ether oxygens (including phenoxy) is 1. The van der Waals surface area contributed by atoms with Crippen molar-refractivity contribution in [2.75, 3.05) is 5.32 Å². The monoisotopic (exact) mass is 376 g/mol. The summed E-state index contributed by atoms with van der Waals surface area (Å²) in [5, 5.41) is 13.4. The van der Waals surface area contributed by atoms with Crippen LogP contribution in [-0.2, 0) is 16.0 Å². The standard InChI is InChI=1S/C18H17ClN2O5/c1-3-12-4-6-13(7-5-12)18(23)26-11(2)17(22)20-16-10-14(21(24)25)8-9-15(16)19/h4-11H,3H2,1-2H3,(H,20,22). The van der Waals surface area contributed by atoms with Gasteiger partial charge >= 0.3 is 5.97 Å². The number of benzene rings is 2. The molecule has 0 saturated heterocycles. The molecule has 26 heavy (non-hydrogen) atoms. The average molecular weight is 377 g/mol. The van der Waals surface area contributed by atoms with E-state index in [9.17, 15) is 19.7 Å². The highest BCUT2D eigenvalue weighted by Crippen LogP contribution is 2.26. The number of carbonyl (C=O) groups is 2. The number of nitro benzene ring substituents is 1. The van der Waals surface area contributed by atoms with Crippen LogP contribution in [0.15, 0.2) is 42.5 Å². The smallest absolute Gasteiger partial charge is 0.338 e. The second-order valence-electron chi connectivity index (χ2n) is 5.51. The maximum atomic E-state index is 12.2. The number of hydrogen-bond donors (Lipinski definition) is 1. The largest absolute Gasteiger partial charge is 0.449 e. The third-order valence-corrected chi connectivity index (χ3v) is 4.00. The molecule has 136 valence electrons. The lowest BCUT2D eigenvalue weighted by Gasteiger charge is -2.14. The molecule has 2 aromatic carbocycles. The number of halogens is 1. The number of carbonyl (C=O) groups excluding carboxylic acids is 2. The molecule has 0 aliphatic rings. The van der Waals surface area contributed by atoms with E-state index in [1.54, 1.807) is 12.1 Å². The molecule has 7 nitrogen and oxygen atoms in total. The molecule has 0 aliphatic carbocycles. The number of amides is 1. The van der Waals surface area contributed by atoms with Gasteiger partial charge in [0.05, 0.1) is 21.2 Å². The Labute approximate surface area is 155 Å². The Kier molecular flexibility index (Phi) is 6.30. The predicted octanol–water partition coefficient (Wildman–Crippen LogP) is 3.99. The fourth-order valence-electron chi connectivity index (χ4n) is 2.12. The van der Waals surface area contributed by atoms with Crippen molar-refractivity contribution in [2.24, 2.45) is 0 Å². The molecule has 0 spiro atoms. The zero-order chi connectivity index (χ0) is 19.3. The van der Waals surface area contributed by atoms with Crippen LogP contribution >= 0.6 is 11.6 Å². The molecule has 0 heterocycles. The summed E-state index contributed by atoms with van der Waals surface area (Å²) in [5.74, 6) is -1.29. The van der Waals surface area contributed by atoms with Crippen LogP contribution in [0.25, 0.3) is 0 Å². The summed E-state index contributed by atoms with van der Waals surface area (Å²) in [6.45, 7) is 3.40. The number of esters is 1. The molecule has 1 N–H and O–H groups in total. The number of nitrogens with one attached hydrogen (secondary N) is 1. The highest BCUT2D eigenvalue weighted by molar-refractivity contribution is 6.33. The van der Waals surface area contributed by atoms with Gasteiger partial charge in [-0.2, -0.15) is 0 Å². The topological polar surface area (TPSA) is 98.5 Å². The number of anilines is 1. The Morgan fingerprint density at radius 1 is 1.23 bits per heavy atom. The Morgan fingerprint density at radius 2 is 1.88 bits per heavy atom. The van der Waals surface area contributed by atoms with Gasteiger partial charge in [0.15, 0.2) is 6.10 Å². The van der Waals surface area contributed by atoms with Crippen LogP contribution in [-0.4, -0.2) is 22.9 Å². The van der Waals surface area contributed by atoms with Gasteiger partial charge in [0.25, 0.3) is 11.6 Å². The van der Waals surface area contributed by atoms with Crippen molar-refractivity contribution in [2.45, 2.75) is 26.4 Å². The lowest BCUT2D eigenvalue weighted by Crippen LogP contribution is -2.30. The van der Waals surface area contributed by atoms with Gasteiger partial charge in [-0.05, 0) is 37.1 Å². The molecular formula is C18H17ClN2O5. The molecule has 2 rings (SSSR count). The fourth-order valence-corrected chi connectivity index (χ4v) is 2.28. The van der Waals surface area contributed by atoms with Gasteiger partial charge in [-0.1, -0.05) is 30.7 Å². The fraction of sp³-hybridized carbons (Fsp3) is 0.222. The van der Waals surface area contributed by atoms with Crippen LogP contribution in [0.2, 0.25) is 5.02 Å². The highest BCUT2D eigenvalue weighted by atomic mass is 35.5. The molecule has 0 radical (unpaired) electrons. The Balaban J connectivity index is 2.04. The van der Waals surface area contributed by atoms with E-state index in [1.807, 2.05) is 19.1 Å². The molecule has 0 aliphatic heterocycles. The first-order valence-electron chi connectivity index (χ1n) is 7.86. The number of rotatable bonds is 6. The molecule has 0 aromatic heterocycles. The van der Waals surface area contributed by atoms with Gasteiger partial charge in [-0.25, -0.2) is 4.79 Å². The van der Waals surface area contributed by atoms with Crippen molar-refractivity contribution in [3.05, 3.63) is 68.7 Å². The summed E-state index contributed by atoms with van der Waals surface area (Å²) in [6, 6.07) is 10.5. The number of non-ortho nitro benzene ring substituents is 1. The quantitative estimate of drug-likeness (QED) is 0.466. The third kappa shape index (κ3) is 4.80. The summed E-state index contributed by atoms with van der Waals surface area (Å²) in [6.07, 6.45) is -0.262. The zero-order valence-electron chi connectivity index (χ0n) is 14.2. The summed E-state index contributed by atoms with van der Waals surface area (Å²) in [7, 11) is 0. The first kappa shape index (κ1) is 19.4. The van der Waals surface area contributed by atoms with E-state index in [1.165, 1.54) is 19.1 Å². The highest BCUT2D eigenvalue weighted by Gasteiger charge is 2.21. The van der Waals surface area contributed by atoms with Crippen LogP contribution in [0.5, 0.6) is 0 Å². The van der Waals surface area contributed by atoms with E-state index < -0.39 is 22.9 Å². The van der Waals surface area contributed by atoms with Gasteiger partial charge in [-0.15, -0.1) is 0 Å². The van der Waals surface area contributed by atoms with E-state index in [2.05, 4.69) is 5.32 Å². The van der Waals surface area contributed by atoms with Gasteiger partial charge in [0, 0.05) is 12.1 Å². The Bertz CT molecular complexity index is 836. The number of nitro groups is 1. The Morgan fingerprint density at radius 3 is 2.46 bits per heavy atom. The summed E-state index contributed by atoms with van der Waals surface area (Å²) >= 11 is 5.93. The maximum Gasteiger partial charge on any atom is 0.338 e. The van der Waals surface area contributed by atoms with Gasteiger partial charge < -0.3 is 10.1 Å². The molecule has 0 bridgehead atoms. The number of nitrogens with zero attached hydrogens (tertiary/aromatic N) is 1. The molecule has 1 unspecified atom stereocenters. The summed E-state index contributed by atoms with van der Waals surface area (Å²) in [4.78, 5) is 34.5. The van der Waals surface area contributed by atoms with E-state index >= 15 is 0 Å². The second kappa shape index (κ2) is 8.44. The molecule has 0 saturated carbocycles. The third-order valence-electron chi connectivity index (χ3n) is 3.67. The minimum Gasteiger partial charge on any atom is -0.449 e. The summed E-state index contributed by atoms with van der Waals surface area (Å²) in [5.41, 5.74) is 1.26. The number of aryl methyl sites for hydroxylation is 1. The molecular weight excluding hydrogens is 360 g/mol. The van der Waals surface area contributed by atoms with E-state index in [0.29, 0.717) is 5.56 Å². The Hall–Kier alpha value is -2.93. The molecule has 1 atom stereocenters. The van der Waals surface area contributed by atoms with Crippen molar-refractivity contribution in [3.63, 3.8) is 0 Å². The van der Waals surface area contributed by atoms with E-state index in [-0.39, 0.29) is 16.4 Å². The van der Waals surface area contributed by atoms with Crippen LogP contribution in [0.4, 0.5) is 11.4 Å². The minimum absolute atomic E-state index is 0.0704. The van der Waals surface area contributed by atoms with Gasteiger partial charge in [0.2, 0.25) is 0 Å². The van der Waals surface area contributed by atoms with Crippen molar-refractivity contribution in [1.29, 1.82) is 0 Å². The molecule has 1 amide bonds. The SMILES string of the molecule is CCc1ccc(C(=O)OC(C)C(=O)Nc2cc([N+](=O)[O-])ccc2Cl)cc1. The minimum atomic E-state index is -1.11. The second-order valence-corrected chi connectivity index (χ2v) is 5.92. The molecule has 8 heteroatoms. The lowest BCUT2D eigenvalue weighted by molar-refractivity contribution is -0.384. The van der Waals surface area contributed by atoms with Crippen LogP contribution in [0.1, 0.15) is 29.8 Å². The zero-order valence-corrected chi connectivity index (χ0v) is 14.9. The van der Waals surface area contributed by atoms with Crippen molar-refractivity contribution in [3.8, 4) is 0 Å². The van der Waals surface area contributed by atoms with Crippen LogP contribution in [0, 0.1) is 10.1 Å². The number of hydrogen-bond acceptors (Lipinski definition) is 5. The van der Waals surface area contributed by atoms with Crippen molar-refractivity contribution >= 4 is 34.9 Å². The lowest BCUT2D eigenvalue weighted by atomic mass is 10.1. The first-order valence-corrected chi connectivity index (χ1v) is 8.24. The van der Waals surface area contributed by atoms with Gasteiger partial charge in [-0.3, -0.25) is 14.9 Å². The van der Waals surface area contributed by atoms with Crippen LogP contribution in [0.3, 0.4) is 0 Å².